The molecule has 1 aliphatic heterocycles. The third kappa shape index (κ3) is 4.03. The van der Waals surface area contributed by atoms with Gasteiger partial charge in [-0.15, -0.1) is 11.3 Å². The smallest absolute Gasteiger partial charge is 0.261 e. The summed E-state index contributed by atoms with van der Waals surface area (Å²) in [6.45, 7) is 0.669. The lowest BCUT2D eigenvalue weighted by Gasteiger charge is -2.16. The van der Waals surface area contributed by atoms with Crippen molar-refractivity contribution in [1.29, 1.82) is 0 Å². The summed E-state index contributed by atoms with van der Waals surface area (Å²) >= 11 is 1.55. The fraction of sp³-hybridized carbons (Fsp3) is 0.154. The highest BCUT2D eigenvalue weighted by Crippen LogP contribution is 2.26. The number of imide groups is 1. The van der Waals surface area contributed by atoms with Gasteiger partial charge in [0, 0.05) is 19.2 Å². The third-order valence-electron chi connectivity index (χ3n) is 5.74. The van der Waals surface area contributed by atoms with E-state index in [9.17, 15) is 14.4 Å². The Bertz CT molecular complexity index is 1350. The van der Waals surface area contributed by atoms with Crippen molar-refractivity contribution in [2.75, 3.05) is 13.6 Å². The molecule has 0 unspecified atom stereocenters. The molecule has 6 nitrogen and oxygen atoms in total. The van der Waals surface area contributed by atoms with Crippen LogP contribution >= 0.6 is 11.3 Å². The quantitative estimate of drug-likeness (QED) is 0.404. The van der Waals surface area contributed by atoms with Crippen molar-refractivity contribution in [2.24, 2.45) is 0 Å². The van der Waals surface area contributed by atoms with E-state index < -0.39 is 0 Å². The molecule has 0 radical (unpaired) electrons. The second-order valence-electron chi connectivity index (χ2n) is 7.99. The van der Waals surface area contributed by atoms with E-state index in [2.05, 4.69) is 4.98 Å². The molecule has 0 spiro atoms. The van der Waals surface area contributed by atoms with Crippen LogP contribution < -0.4 is 0 Å². The van der Waals surface area contributed by atoms with Gasteiger partial charge in [-0.25, -0.2) is 4.98 Å². The molecule has 2 heterocycles. The minimum absolute atomic E-state index is 0.222. The van der Waals surface area contributed by atoms with Crippen LogP contribution in [-0.2, 0) is 13.0 Å². The van der Waals surface area contributed by atoms with E-state index in [4.69, 9.17) is 0 Å². The summed E-state index contributed by atoms with van der Waals surface area (Å²) in [5.74, 6) is -0.887. The van der Waals surface area contributed by atoms with Crippen molar-refractivity contribution in [2.45, 2.75) is 13.0 Å². The van der Waals surface area contributed by atoms with Crippen molar-refractivity contribution >= 4 is 39.3 Å². The van der Waals surface area contributed by atoms with Crippen LogP contribution in [0.2, 0.25) is 0 Å². The van der Waals surface area contributed by atoms with Crippen molar-refractivity contribution in [3.05, 3.63) is 100 Å². The molecule has 0 fully saturated rings. The highest BCUT2D eigenvalue weighted by Gasteiger charge is 2.35. The zero-order valence-electron chi connectivity index (χ0n) is 18.0. The summed E-state index contributed by atoms with van der Waals surface area (Å²) in [5, 5.41) is 0.839. The Morgan fingerprint density at radius 1 is 0.939 bits per heavy atom. The van der Waals surface area contributed by atoms with Crippen LogP contribution in [0.3, 0.4) is 0 Å². The van der Waals surface area contributed by atoms with Crippen LogP contribution in [0.4, 0.5) is 0 Å². The zero-order chi connectivity index (χ0) is 22.9. The molecule has 4 aromatic rings. The Morgan fingerprint density at radius 2 is 1.67 bits per heavy atom. The fourth-order valence-electron chi connectivity index (χ4n) is 4.00. The van der Waals surface area contributed by atoms with Gasteiger partial charge in [0.05, 0.1) is 27.9 Å². The Morgan fingerprint density at radius 3 is 2.45 bits per heavy atom. The predicted molar refractivity (Wildman–Crippen MR) is 127 cm³/mol. The van der Waals surface area contributed by atoms with Gasteiger partial charge >= 0.3 is 0 Å². The molecule has 0 atom stereocenters. The number of amides is 3. The van der Waals surface area contributed by atoms with E-state index in [0.29, 0.717) is 30.6 Å². The van der Waals surface area contributed by atoms with Crippen molar-refractivity contribution in [3.8, 4) is 0 Å². The summed E-state index contributed by atoms with van der Waals surface area (Å²) < 4.78 is 1.07. The fourth-order valence-corrected chi connectivity index (χ4v) is 5.02. The standard InChI is InChI=1S/C26H21N3O3S/c1-28(16-23-27-21-9-5-6-10-22(21)33-23)24(30)18-11-12-19-20(15-18)26(32)29(25(19)31)14-13-17-7-3-2-4-8-17/h2-12,15H,13-14,16H2,1H3. The first-order chi connectivity index (χ1) is 16.0. The molecule has 33 heavy (non-hydrogen) atoms. The van der Waals surface area contributed by atoms with Crippen molar-refractivity contribution in [1.82, 2.24) is 14.8 Å². The Hall–Kier alpha value is -3.84. The summed E-state index contributed by atoms with van der Waals surface area (Å²) in [6.07, 6.45) is 0.586. The third-order valence-corrected chi connectivity index (χ3v) is 6.76. The van der Waals surface area contributed by atoms with Gasteiger partial charge in [-0.1, -0.05) is 42.5 Å². The molecule has 1 aliphatic rings. The number of aromatic nitrogens is 1. The van der Waals surface area contributed by atoms with Gasteiger partial charge in [0.25, 0.3) is 17.7 Å². The van der Waals surface area contributed by atoms with Gasteiger partial charge in [0.1, 0.15) is 5.01 Å². The van der Waals surface area contributed by atoms with E-state index in [1.807, 2.05) is 54.6 Å². The van der Waals surface area contributed by atoms with Gasteiger partial charge in [0.15, 0.2) is 0 Å². The summed E-state index contributed by atoms with van der Waals surface area (Å²) in [4.78, 5) is 46.2. The normalized spacial score (nSPS) is 12.9. The minimum atomic E-state index is -0.352. The Labute approximate surface area is 195 Å². The molecule has 7 heteroatoms. The maximum Gasteiger partial charge on any atom is 0.261 e. The van der Waals surface area contributed by atoms with E-state index in [0.717, 1.165) is 20.8 Å². The largest absolute Gasteiger partial charge is 0.335 e. The minimum Gasteiger partial charge on any atom is -0.335 e. The Balaban J connectivity index is 1.31. The zero-order valence-corrected chi connectivity index (χ0v) is 18.8. The first-order valence-corrected chi connectivity index (χ1v) is 11.5. The summed E-state index contributed by atoms with van der Waals surface area (Å²) in [7, 11) is 1.71. The molecule has 1 aromatic heterocycles. The number of para-hydroxylation sites is 1. The maximum atomic E-state index is 13.0. The van der Waals surface area contributed by atoms with Crippen molar-refractivity contribution < 1.29 is 14.4 Å². The van der Waals surface area contributed by atoms with Crippen LogP contribution in [0.15, 0.2) is 72.8 Å². The van der Waals surface area contributed by atoms with Crippen LogP contribution in [-0.4, -0.2) is 46.1 Å². The number of rotatable bonds is 6. The number of thiazole rings is 1. The lowest BCUT2D eigenvalue weighted by molar-refractivity contribution is 0.0655. The van der Waals surface area contributed by atoms with Gasteiger partial charge in [-0.2, -0.15) is 0 Å². The van der Waals surface area contributed by atoms with Crippen molar-refractivity contribution in [3.63, 3.8) is 0 Å². The molecule has 3 aromatic carbocycles. The Kier molecular flexibility index (Phi) is 5.48. The van der Waals surface area contributed by atoms with E-state index in [1.54, 1.807) is 35.4 Å². The maximum absolute atomic E-state index is 13.0. The number of hydrogen-bond donors (Lipinski definition) is 0. The number of fused-ring (bicyclic) bond motifs is 2. The number of hydrogen-bond acceptors (Lipinski definition) is 5. The second-order valence-corrected chi connectivity index (χ2v) is 9.11. The molecule has 0 saturated heterocycles. The molecule has 0 aliphatic carbocycles. The average molecular weight is 456 g/mol. The number of nitrogens with zero attached hydrogens (tertiary/aromatic N) is 3. The molecule has 164 valence electrons. The molecule has 0 saturated carbocycles. The summed E-state index contributed by atoms with van der Waals surface area (Å²) in [6, 6.07) is 22.3. The van der Waals surface area contributed by atoms with Crippen LogP contribution in [0.1, 0.15) is 41.6 Å². The van der Waals surface area contributed by atoms with Gasteiger partial charge in [-0.3, -0.25) is 19.3 Å². The number of benzene rings is 3. The van der Waals surface area contributed by atoms with Gasteiger partial charge < -0.3 is 4.90 Å². The lowest BCUT2D eigenvalue weighted by Crippen LogP contribution is -2.31. The highest BCUT2D eigenvalue weighted by atomic mass is 32.1. The van der Waals surface area contributed by atoms with E-state index >= 15 is 0 Å². The first-order valence-electron chi connectivity index (χ1n) is 10.7. The molecule has 3 amide bonds. The topological polar surface area (TPSA) is 70.6 Å². The van der Waals surface area contributed by atoms with Gasteiger partial charge in [-0.05, 0) is 42.3 Å². The van der Waals surface area contributed by atoms with E-state index in [-0.39, 0.29) is 23.3 Å². The second kappa shape index (κ2) is 8.60. The monoisotopic (exact) mass is 455 g/mol. The first kappa shape index (κ1) is 21.0. The average Bonchev–Trinajstić information content (AvgIpc) is 3.35. The van der Waals surface area contributed by atoms with Crippen LogP contribution in [0, 0.1) is 0 Å². The van der Waals surface area contributed by atoms with Crippen LogP contribution in [0.25, 0.3) is 10.2 Å². The lowest BCUT2D eigenvalue weighted by atomic mass is 10.0. The van der Waals surface area contributed by atoms with Crippen LogP contribution in [0.5, 0.6) is 0 Å². The molecular formula is C26H21N3O3S. The molecule has 5 rings (SSSR count). The molecule has 0 N–H and O–H groups in total. The predicted octanol–water partition coefficient (Wildman–Crippen LogP) is 4.41. The highest BCUT2D eigenvalue weighted by molar-refractivity contribution is 7.18. The molecule has 0 bridgehead atoms. The van der Waals surface area contributed by atoms with E-state index in [1.165, 1.54) is 11.0 Å². The molecular weight excluding hydrogens is 434 g/mol. The number of carbonyl (C=O) groups is 3. The number of carbonyl (C=O) groups excluding carboxylic acids is 3. The SMILES string of the molecule is CN(Cc1nc2ccccc2s1)C(=O)c1ccc2c(c1)C(=O)N(CCc1ccccc1)C2=O. The summed E-state index contributed by atoms with van der Waals surface area (Å²) in [5.41, 5.74) is 2.98. The van der Waals surface area contributed by atoms with Gasteiger partial charge in [0.2, 0.25) is 0 Å².